The molecule has 0 aromatic rings. The Bertz CT molecular complexity index is 427. The number of hydrogen-bond donors (Lipinski definition) is 0. The molecular weight excluding hydrogens is 408 g/mol. The van der Waals surface area contributed by atoms with E-state index >= 15 is 0 Å². The van der Waals surface area contributed by atoms with Gasteiger partial charge in [-0.05, 0) is 57.8 Å². The maximum absolute atomic E-state index is 2.56. The van der Waals surface area contributed by atoms with Gasteiger partial charge in [-0.25, -0.2) is 0 Å². The molecule has 0 spiro atoms. The molecule has 0 heterocycles. The smallest absolute Gasteiger partial charge is 0.0169 e. The summed E-state index contributed by atoms with van der Waals surface area (Å²) in [6, 6.07) is 0. The third-order valence-electron chi connectivity index (χ3n) is 6.78. The summed E-state index contributed by atoms with van der Waals surface area (Å²) in [4.78, 5) is 0. The van der Waals surface area contributed by atoms with E-state index in [0.29, 0.717) is 0 Å². The number of hydrogen-bond acceptors (Lipinski definition) is 0. The van der Waals surface area contributed by atoms with Gasteiger partial charge in [-0.15, -0.1) is 0 Å². The Morgan fingerprint density at radius 3 is 1.06 bits per heavy atom. The predicted octanol–water partition coefficient (Wildman–Crippen LogP) is 12.7. The molecular formula is C34H63. The number of allylic oxidation sites excluding steroid dienone is 6. The van der Waals surface area contributed by atoms with Gasteiger partial charge in [-0.3, -0.25) is 0 Å². The van der Waals surface area contributed by atoms with Gasteiger partial charge in [0.25, 0.3) is 0 Å². The van der Waals surface area contributed by atoms with Crippen LogP contribution < -0.4 is 0 Å². The van der Waals surface area contributed by atoms with Gasteiger partial charge in [-0.2, -0.15) is 0 Å². The van der Waals surface area contributed by atoms with Gasteiger partial charge in [0.2, 0.25) is 0 Å². The first-order valence-corrected chi connectivity index (χ1v) is 15.7. The second-order valence-electron chi connectivity index (χ2n) is 10.3. The summed E-state index contributed by atoms with van der Waals surface area (Å²) >= 11 is 0. The highest BCUT2D eigenvalue weighted by atomic mass is 14.0. The largest absolute Gasteiger partial charge is 0.0885 e. The van der Waals surface area contributed by atoms with Gasteiger partial charge in [0.05, 0.1) is 0 Å². The molecule has 0 unspecified atom stereocenters. The second-order valence-corrected chi connectivity index (χ2v) is 10.3. The highest BCUT2D eigenvalue weighted by molar-refractivity contribution is 4.92. The molecule has 0 bridgehead atoms. The molecule has 0 saturated carbocycles. The molecule has 0 aromatic carbocycles. The van der Waals surface area contributed by atoms with Gasteiger partial charge in [0, 0.05) is 0 Å². The van der Waals surface area contributed by atoms with E-state index in [1.54, 1.807) is 0 Å². The zero-order valence-electron chi connectivity index (χ0n) is 23.7. The molecule has 0 fully saturated rings. The first-order valence-electron chi connectivity index (χ1n) is 15.7. The van der Waals surface area contributed by atoms with Crippen LogP contribution in [0, 0.1) is 6.42 Å². The minimum Gasteiger partial charge on any atom is -0.0885 e. The topological polar surface area (TPSA) is 0 Å². The first kappa shape index (κ1) is 33.2. The second kappa shape index (κ2) is 32.2. The van der Waals surface area contributed by atoms with E-state index in [-0.39, 0.29) is 0 Å². The van der Waals surface area contributed by atoms with E-state index in [0.717, 1.165) is 6.42 Å². The first-order chi connectivity index (χ1) is 16.9. The van der Waals surface area contributed by atoms with Crippen LogP contribution in [0.2, 0.25) is 0 Å². The quantitative estimate of drug-likeness (QED) is 0.0785. The summed E-state index contributed by atoms with van der Waals surface area (Å²) in [5.74, 6) is 0. The lowest BCUT2D eigenvalue weighted by molar-refractivity contribution is 0.579. The van der Waals surface area contributed by atoms with Crippen LogP contribution in [-0.2, 0) is 0 Å². The summed E-state index contributed by atoms with van der Waals surface area (Å²) in [6.07, 6.45) is 51.0. The van der Waals surface area contributed by atoms with Gasteiger partial charge >= 0.3 is 0 Å². The van der Waals surface area contributed by atoms with Gasteiger partial charge in [0.1, 0.15) is 0 Å². The Balaban J connectivity index is 3.12. The molecule has 199 valence electrons. The molecule has 0 aromatic heterocycles. The van der Waals surface area contributed by atoms with Crippen LogP contribution in [0.25, 0.3) is 0 Å². The maximum Gasteiger partial charge on any atom is -0.0169 e. The summed E-state index contributed by atoms with van der Waals surface area (Å²) in [5.41, 5.74) is 0. The Kier molecular flexibility index (Phi) is 31.5. The molecule has 0 heteroatoms. The fourth-order valence-corrected chi connectivity index (χ4v) is 4.41. The van der Waals surface area contributed by atoms with Crippen LogP contribution in [0.5, 0.6) is 0 Å². The molecule has 0 saturated heterocycles. The highest BCUT2D eigenvalue weighted by Crippen LogP contribution is 2.14. The van der Waals surface area contributed by atoms with Crippen LogP contribution in [0.3, 0.4) is 0 Å². The molecule has 0 aliphatic heterocycles. The van der Waals surface area contributed by atoms with Crippen LogP contribution in [0.15, 0.2) is 36.5 Å². The minimum atomic E-state index is 1.12. The lowest BCUT2D eigenvalue weighted by atomic mass is 10.0. The van der Waals surface area contributed by atoms with Crippen molar-refractivity contribution in [3.05, 3.63) is 42.9 Å². The minimum absolute atomic E-state index is 1.12. The Morgan fingerprint density at radius 1 is 0.294 bits per heavy atom. The molecule has 0 aliphatic rings. The molecule has 34 heavy (non-hydrogen) atoms. The molecule has 0 nitrogen and oxygen atoms in total. The van der Waals surface area contributed by atoms with E-state index in [2.05, 4.69) is 56.7 Å². The lowest BCUT2D eigenvalue weighted by Crippen LogP contribution is -1.84. The molecule has 0 aliphatic carbocycles. The van der Waals surface area contributed by atoms with Crippen molar-refractivity contribution < 1.29 is 0 Å². The van der Waals surface area contributed by atoms with Crippen molar-refractivity contribution in [2.45, 2.75) is 174 Å². The van der Waals surface area contributed by atoms with Crippen LogP contribution >= 0.6 is 0 Å². The summed E-state index contributed by atoms with van der Waals surface area (Å²) < 4.78 is 0. The predicted molar refractivity (Wildman–Crippen MR) is 158 cm³/mol. The van der Waals surface area contributed by atoms with Crippen LogP contribution in [0.4, 0.5) is 0 Å². The van der Waals surface area contributed by atoms with Crippen molar-refractivity contribution >= 4 is 0 Å². The van der Waals surface area contributed by atoms with Crippen LogP contribution in [-0.4, -0.2) is 0 Å². The Labute approximate surface area is 217 Å². The number of rotatable bonds is 28. The van der Waals surface area contributed by atoms with Gasteiger partial charge < -0.3 is 0 Å². The average Bonchev–Trinajstić information content (AvgIpc) is 2.85. The van der Waals surface area contributed by atoms with Crippen molar-refractivity contribution in [3.63, 3.8) is 0 Å². The zero-order valence-corrected chi connectivity index (χ0v) is 23.7. The molecule has 0 atom stereocenters. The molecule has 0 rings (SSSR count). The standard InChI is InChI=1S/C34H63/c1-3-5-7-9-11-13-15-17-19-21-23-25-27-29-31-33-34-32-30-28-26-24-22-20-18-16-14-12-10-8-6-4-2/h9,11,15-18,33H,3-8,10,12-14,19-32,34H2,1-2H3/b11-9?,17-15+,18-16?. The normalized spacial score (nSPS) is 12.2. The van der Waals surface area contributed by atoms with Crippen LogP contribution in [0.1, 0.15) is 174 Å². The number of unbranched alkanes of at least 4 members (excludes halogenated alkanes) is 22. The van der Waals surface area contributed by atoms with Crippen molar-refractivity contribution in [2.75, 3.05) is 0 Å². The summed E-state index contributed by atoms with van der Waals surface area (Å²) in [6.45, 7) is 4.55. The van der Waals surface area contributed by atoms with E-state index < -0.39 is 0 Å². The van der Waals surface area contributed by atoms with E-state index in [1.165, 1.54) is 154 Å². The van der Waals surface area contributed by atoms with E-state index in [9.17, 15) is 0 Å². The fraction of sp³-hybridized carbons (Fsp3) is 0.794. The lowest BCUT2D eigenvalue weighted by Gasteiger charge is -2.03. The van der Waals surface area contributed by atoms with E-state index in [1.807, 2.05) is 0 Å². The maximum atomic E-state index is 2.56. The third-order valence-corrected chi connectivity index (χ3v) is 6.78. The summed E-state index contributed by atoms with van der Waals surface area (Å²) in [7, 11) is 0. The van der Waals surface area contributed by atoms with Crippen molar-refractivity contribution in [1.82, 2.24) is 0 Å². The fourth-order valence-electron chi connectivity index (χ4n) is 4.41. The molecule has 0 N–H and O–H groups in total. The summed E-state index contributed by atoms with van der Waals surface area (Å²) in [5, 5.41) is 0. The van der Waals surface area contributed by atoms with Gasteiger partial charge in [0.15, 0.2) is 0 Å². The SMILES string of the molecule is CCCCC=CC/C=C/CCCCCCC[CH]CCCCCCCCC=CCCCCCCC. The Morgan fingerprint density at radius 2 is 0.618 bits per heavy atom. The zero-order chi connectivity index (χ0) is 24.6. The highest BCUT2D eigenvalue weighted by Gasteiger charge is 1.94. The van der Waals surface area contributed by atoms with Crippen molar-refractivity contribution in [2.24, 2.45) is 0 Å². The molecule has 0 amide bonds. The molecule has 1 radical (unpaired) electrons. The van der Waals surface area contributed by atoms with E-state index in [4.69, 9.17) is 0 Å². The van der Waals surface area contributed by atoms with Crippen molar-refractivity contribution in [3.8, 4) is 0 Å². The third kappa shape index (κ3) is 31.2. The van der Waals surface area contributed by atoms with Gasteiger partial charge in [-0.1, -0.05) is 159 Å². The Hall–Kier alpha value is -0.780. The average molecular weight is 472 g/mol. The monoisotopic (exact) mass is 471 g/mol. The van der Waals surface area contributed by atoms with Crippen molar-refractivity contribution in [1.29, 1.82) is 0 Å².